The van der Waals surface area contributed by atoms with Gasteiger partial charge in [-0.05, 0) is 18.2 Å². The van der Waals surface area contributed by atoms with Crippen LogP contribution >= 0.6 is 23.2 Å². The van der Waals surface area contributed by atoms with Crippen molar-refractivity contribution in [3.8, 4) is 0 Å². The average Bonchev–Trinajstić information content (AvgIpc) is 2.45. The second-order valence-electron chi connectivity index (χ2n) is 4.91. The van der Waals surface area contributed by atoms with E-state index in [4.69, 9.17) is 28.3 Å². The highest BCUT2D eigenvalue weighted by Gasteiger charge is 2.36. The van der Waals surface area contributed by atoms with Crippen molar-refractivity contribution in [3.63, 3.8) is 0 Å². The first-order valence-corrected chi connectivity index (χ1v) is 8.70. The SMILES string of the molecule is O=C(O)C1=NC=C(Cl)CC1NS(=O)(=O)c1ccc(Cl)c(C(F)(F)F)c1. The van der Waals surface area contributed by atoms with Gasteiger partial charge in [-0.1, -0.05) is 23.2 Å². The van der Waals surface area contributed by atoms with Crippen LogP contribution in [-0.2, 0) is 21.0 Å². The van der Waals surface area contributed by atoms with Crippen molar-refractivity contribution in [2.75, 3.05) is 0 Å². The summed E-state index contributed by atoms with van der Waals surface area (Å²) >= 11 is 11.2. The Labute approximate surface area is 150 Å². The highest BCUT2D eigenvalue weighted by Crippen LogP contribution is 2.36. The number of benzene rings is 1. The molecule has 1 aromatic rings. The van der Waals surface area contributed by atoms with Gasteiger partial charge in [-0.25, -0.2) is 17.9 Å². The third-order valence-corrected chi connectivity index (χ3v) is 5.19. The van der Waals surface area contributed by atoms with Gasteiger partial charge in [0.05, 0.1) is 21.5 Å². The largest absolute Gasteiger partial charge is 0.477 e. The summed E-state index contributed by atoms with van der Waals surface area (Å²) in [5, 5.41) is 8.47. The number of aliphatic carboxylic acids is 1. The van der Waals surface area contributed by atoms with Crippen molar-refractivity contribution in [2.45, 2.75) is 23.5 Å². The van der Waals surface area contributed by atoms with Crippen molar-refractivity contribution in [3.05, 3.63) is 40.0 Å². The number of alkyl halides is 3. The van der Waals surface area contributed by atoms with Gasteiger partial charge < -0.3 is 5.11 Å². The molecule has 2 rings (SSSR count). The molecule has 0 bridgehead atoms. The zero-order valence-electron chi connectivity index (χ0n) is 12.0. The summed E-state index contributed by atoms with van der Waals surface area (Å²) in [6.45, 7) is 0. The third-order valence-electron chi connectivity index (χ3n) is 3.14. The summed E-state index contributed by atoms with van der Waals surface area (Å²) < 4.78 is 65.3. The fraction of sp³-hybridized carbons (Fsp3) is 0.231. The Bertz CT molecular complexity index is 882. The highest BCUT2D eigenvalue weighted by atomic mass is 35.5. The fourth-order valence-electron chi connectivity index (χ4n) is 2.02. The molecule has 0 aliphatic carbocycles. The van der Waals surface area contributed by atoms with E-state index in [0.29, 0.717) is 6.07 Å². The second-order valence-corrected chi connectivity index (χ2v) is 7.52. The van der Waals surface area contributed by atoms with Gasteiger partial charge in [-0.15, -0.1) is 0 Å². The molecule has 0 spiro atoms. The van der Waals surface area contributed by atoms with Gasteiger partial charge in [0.1, 0.15) is 5.71 Å². The summed E-state index contributed by atoms with van der Waals surface area (Å²) in [6, 6.07) is 0.698. The van der Waals surface area contributed by atoms with Crippen molar-refractivity contribution in [2.24, 2.45) is 4.99 Å². The van der Waals surface area contributed by atoms with E-state index in [2.05, 4.69) is 4.99 Å². The number of carboxylic acids is 1. The van der Waals surface area contributed by atoms with Gasteiger partial charge in [0, 0.05) is 17.7 Å². The Morgan fingerprint density at radius 3 is 2.52 bits per heavy atom. The van der Waals surface area contributed by atoms with E-state index in [1.54, 1.807) is 0 Å². The molecule has 12 heteroatoms. The number of hydrogen-bond donors (Lipinski definition) is 2. The predicted molar refractivity (Wildman–Crippen MR) is 84.2 cm³/mol. The monoisotopic (exact) mass is 416 g/mol. The van der Waals surface area contributed by atoms with E-state index in [0.717, 1.165) is 18.3 Å². The molecule has 1 heterocycles. The summed E-state index contributed by atoms with van der Waals surface area (Å²) in [4.78, 5) is 13.9. The maximum Gasteiger partial charge on any atom is 0.417 e. The fourth-order valence-corrected chi connectivity index (χ4v) is 3.67. The highest BCUT2D eigenvalue weighted by molar-refractivity contribution is 7.89. The summed E-state index contributed by atoms with van der Waals surface area (Å²) in [5.41, 5.74) is -1.86. The molecule has 0 saturated heterocycles. The van der Waals surface area contributed by atoms with Crippen molar-refractivity contribution in [1.29, 1.82) is 0 Å². The molecule has 1 aliphatic rings. The summed E-state index contributed by atoms with van der Waals surface area (Å²) in [7, 11) is -4.49. The minimum atomic E-state index is -4.85. The van der Waals surface area contributed by atoms with Crippen LogP contribution < -0.4 is 4.72 Å². The minimum Gasteiger partial charge on any atom is -0.477 e. The van der Waals surface area contributed by atoms with Crippen molar-refractivity contribution in [1.82, 2.24) is 4.72 Å². The molecular formula is C13H9Cl2F3N2O4S. The Morgan fingerprint density at radius 2 is 1.96 bits per heavy atom. The second kappa shape index (κ2) is 6.94. The topological polar surface area (TPSA) is 95.8 Å². The molecule has 6 nitrogen and oxygen atoms in total. The number of halogens is 5. The van der Waals surface area contributed by atoms with Crippen LogP contribution in [0.4, 0.5) is 13.2 Å². The van der Waals surface area contributed by atoms with Gasteiger partial charge in [0.2, 0.25) is 10.0 Å². The average molecular weight is 417 g/mol. The first-order chi connectivity index (χ1) is 11.4. The maximum atomic E-state index is 12.9. The molecular weight excluding hydrogens is 408 g/mol. The molecule has 136 valence electrons. The molecule has 2 N–H and O–H groups in total. The minimum absolute atomic E-state index is 0.0878. The molecule has 0 saturated carbocycles. The lowest BCUT2D eigenvalue weighted by molar-refractivity contribution is -0.137. The number of nitrogens with zero attached hydrogens (tertiary/aromatic N) is 1. The van der Waals surface area contributed by atoms with Crippen LogP contribution in [0.15, 0.2) is 39.3 Å². The quantitative estimate of drug-likeness (QED) is 0.788. The molecule has 0 radical (unpaired) electrons. The third kappa shape index (κ3) is 4.51. The number of carbonyl (C=O) groups is 1. The zero-order valence-corrected chi connectivity index (χ0v) is 14.3. The molecule has 1 unspecified atom stereocenters. The first-order valence-electron chi connectivity index (χ1n) is 6.46. The van der Waals surface area contributed by atoms with Crippen LogP contribution in [0.5, 0.6) is 0 Å². The first kappa shape index (κ1) is 19.7. The van der Waals surface area contributed by atoms with Gasteiger partial charge in [-0.2, -0.15) is 13.2 Å². The van der Waals surface area contributed by atoms with Gasteiger partial charge in [0.15, 0.2) is 0 Å². The number of rotatable bonds is 4. The Kier molecular flexibility index (Phi) is 5.47. The molecule has 0 aromatic heterocycles. The molecule has 1 aromatic carbocycles. The van der Waals surface area contributed by atoms with Crippen LogP contribution in [0, 0.1) is 0 Å². The van der Waals surface area contributed by atoms with Crippen molar-refractivity contribution >= 4 is 44.9 Å². The molecule has 0 fully saturated rings. The van der Waals surface area contributed by atoms with Crippen LogP contribution in [-0.4, -0.2) is 31.2 Å². The Hall–Kier alpha value is -1.62. The molecule has 1 aliphatic heterocycles. The van der Waals surface area contributed by atoms with Gasteiger partial charge in [0.25, 0.3) is 0 Å². The van der Waals surface area contributed by atoms with Crippen LogP contribution in [0.3, 0.4) is 0 Å². The smallest absolute Gasteiger partial charge is 0.417 e. The van der Waals surface area contributed by atoms with E-state index in [-0.39, 0.29) is 11.5 Å². The molecule has 0 amide bonds. The summed E-state index contributed by atoms with van der Waals surface area (Å²) in [6.07, 6.45) is -4.00. The maximum absolute atomic E-state index is 12.9. The lowest BCUT2D eigenvalue weighted by Gasteiger charge is -2.21. The van der Waals surface area contributed by atoms with E-state index in [1.807, 2.05) is 4.72 Å². The van der Waals surface area contributed by atoms with E-state index < -0.39 is 49.4 Å². The van der Waals surface area contributed by atoms with E-state index >= 15 is 0 Å². The molecule has 25 heavy (non-hydrogen) atoms. The lowest BCUT2D eigenvalue weighted by atomic mass is 10.1. The Morgan fingerprint density at radius 1 is 1.32 bits per heavy atom. The number of carboxylic acid groups (broad SMARTS) is 1. The van der Waals surface area contributed by atoms with Gasteiger partial charge in [-0.3, -0.25) is 4.99 Å². The Balaban J connectivity index is 2.39. The standard InChI is InChI=1S/C13H9Cl2F3N2O4S/c14-6-3-10(11(12(21)22)19-5-6)20-25(23,24)7-1-2-9(15)8(4-7)13(16,17)18/h1-2,4-5,10,20H,3H2,(H,21,22). The van der Waals surface area contributed by atoms with E-state index in [1.165, 1.54) is 0 Å². The number of hydrogen-bond acceptors (Lipinski definition) is 4. The normalized spacial score (nSPS) is 18.5. The van der Waals surface area contributed by atoms with Crippen LogP contribution in [0.1, 0.15) is 12.0 Å². The van der Waals surface area contributed by atoms with Crippen LogP contribution in [0.2, 0.25) is 5.02 Å². The summed E-state index contributed by atoms with van der Waals surface area (Å²) in [5.74, 6) is -1.49. The number of nitrogens with one attached hydrogen (secondary N) is 1. The van der Waals surface area contributed by atoms with Gasteiger partial charge >= 0.3 is 12.1 Å². The van der Waals surface area contributed by atoms with Crippen LogP contribution in [0.25, 0.3) is 0 Å². The molecule has 1 atom stereocenters. The zero-order chi connectivity index (χ0) is 19.0. The van der Waals surface area contributed by atoms with E-state index in [9.17, 15) is 26.4 Å². The van der Waals surface area contributed by atoms with Crippen molar-refractivity contribution < 1.29 is 31.5 Å². The number of sulfonamides is 1. The lowest BCUT2D eigenvalue weighted by Crippen LogP contribution is -2.44. The number of aliphatic imine (C=N–C) groups is 1. The predicted octanol–water partition coefficient (Wildman–Crippen LogP) is 3.02.